The molecule has 8 nitrogen and oxygen atoms in total. The van der Waals surface area contributed by atoms with E-state index in [9.17, 15) is 9.59 Å². The fourth-order valence-electron chi connectivity index (χ4n) is 2.46. The highest BCUT2D eigenvalue weighted by atomic mass is 16.5. The molecule has 1 fully saturated rings. The zero-order valence-electron chi connectivity index (χ0n) is 14.1. The van der Waals surface area contributed by atoms with Gasteiger partial charge in [0, 0.05) is 32.4 Å². The van der Waals surface area contributed by atoms with Gasteiger partial charge in [0.25, 0.3) is 5.91 Å². The van der Waals surface area contributed by atoms with Crippen LogP contribution in [0.5, 0.6) is 0 Å². The first-order chi connectivity index (χ1) is 10.9. The number of amides is 2. The molecule has 0 saturated carbocycles. The average Bonchev–Trinajstić information content (AvgIpc) is 3.01. The number of likely N-dealkylation sites (N-methyl/N-ethyl adjacent to an activating group) is 1. The number of nitrogens with zero attached hydrogens (tertiary/aromatic N) is 3. The summed E-state index contributed by atoms with van der Waals surface area (Å²) in [6, 6.07) is 0. The van der Waals surface area contributed by atoms with Crippen LogP contribution in [0.25, 0.3) is 0 Å². The topological polar surface area (TPSA) is 97.6 Å². The SMILES string of the molecule is CNC(=O)[C@]1(C)CN(C(=O)CCc2nnc(C(C)C)o2)CCO1. The smallest absolute Gasteiger partial charge is 0.253 e. The Morgan fingerprint density at radius 1 is 1.39 bits per heavy atom. The van der Waals surface area contributed by atoms with Crippen LogP contribution in [0.1, 0.15) is 44.9 Å². The second kappa shape index (κ2) is 7.08. The molecule has 8 heteroatoms. The molecule has 0 aromatic carbocycles. The summed E-state index contributed by atoms with van der Waals surface area (Å²) in [4.78, 5) is 25.9. The van der Waals surface area contributed by atoms with E-state index in [-0.39, 0.29) is 30.7 Å². The Balaban J connectivity index is 1.91. The molecule has 2 heterocycles. The van der Waals surface area contributed by atoms with Gasteiger partial charge in [0.2, 0.25) is 17.7 Å². The minimum absolute atomic E-state index is 0.0484. The fourth-order valence-corrected chi connectivity index (χ4v) is 2.46. The zero-order valence-corrected chi connectivity index (χ0v) is 14.1. The molecule has 1 aromatic rings. The average molecular weight is 324 g/mol. The lowest BCUT2D eigenvalue weighted by molar-refractivity contribution is -0.162. The maximum Gasteiger partial charge on any atom is 0.253 e. The zero-order chi connectivity index (χ0) is 17.0. The number of rotatable bonds is 5. The highest BCUT2D eigenvalue weighted by Gasteiger charge is 2.40. The van der Waals surface area contributed by atoms with E-state index in [2.05, 4.69) is 15.5 Å². The lowest BCUT2D eigenvalue weighted by Gasteiger charge is -2.39. The maximum atomic E-state index is 12.4. The van der Waals surface area contributed by atoms with E-state index in [4.69, 9.17) is 9.15 Å². The van der Waals surface area contributed by atoms with E-state index in [1.54, 1.807) is 18.9 Å². The number of nitrogens with one attached hydrogen (secondary N) is 1. The van der Waals surface area contributed by atoms with Crippen molar-refractivity contribution in [2.75, 3.05) is 26.7 Å². The van der Waals surface area contributed by atoms with Crippen molar-refractivity contribution in [3.63, 3.8) is 0 Å². The summed E-state index contributed by atoms with van der Waals surface area (Å²) in [5.74, 6) is 0.927. The Morgan fingerprint density at radius 3 is 2.74 bits per heavy atom. The Hall–Kier alpha value is -1.96. The molecule has 23 heavy (non-hydrogen) atoms. The summed E-state index contributed by atoms with van der Waals surface area (Å²) >= 11 is 0. The van der Waals surface area contributed by atoms with Crippen LogP contribution in [0, 0.1) is 0 Å². The van der Waals surface area contributed by atoms with Gasteiger partial charge < -0.3 is 19.4 Å². The van der Waals surface area contributed by atoms with E-state index in [0.29, 0.717) is 31.4 Å². The predicted molar refractivity (Wildman–Crippen MR) is 81.7 cm³/mol. The number of morpholine rings is 1. The Kier molecular flexibility index (Phi) is 5.35. The van der Waals surface area contributed by atoms with Gasteiger partial charge in [-0.2, -0.15) is 0 Å². The van der Waals surface area contributed by atoms with Crippen molar-refractivity contribution in [2.24, 2.45) is 0 Å². The molecule has 1 aromatic heterocycles. The lowest BCUT2D eigenvalue weighted by Crippen LogP contribution is -2.58. The number of aryl methyl sites for hydroxylation is 1. The molecule has 1 saturated heterocycles. The van der Waals surface area contributed by atoms with Crippen LogP contribution in [0.2, 0.25) is 0 Å². The minimum Gasteiger partial charge on any atom is -0.425 e. The van der Waals surface area contributed by atoms with Crippen LogP contribution < -0.4 is 5.32 Å². The maximum absolute atomic E-state index is 12.4. The summed E-state index contributed by atoms with van der Waals surface area (Å²) in [6.45, 7) is 6.69. The molecule has 0 unspecified atom stereocenters. The molecular weight excluding hydrogens is 300 g/mol. The first-order valence-electron chi connectivity index (χ1n) is 7.82. The van der Waals surface area contributed by atoms with Gasteiger partial charge in [-0.25, -0.2) is 0 Å². The summed E-state index contributed by atoms with van der Waals surface area (Å²) < 4.78 is 11.0. The highest BCUT2D eigenvalue weighted by molar-refractivity contribution is 5.86. The van der Waals surface area contributed by atoms with Gasteiger partial charge in [-0.3, -0.25) is 9.59 Å². The van der Waals surface area contributed by atoms with Crippen molar-refractivity contribution in [1.29, 1.82) is 0 Å². The molecule has 0 aliphatic carbocycles. The molecule has 128 valence electrons. The fraction of sp³-hybridized carbons (Fsp3) is 0.733. The lowest BCUT2D eigenvalue weighted by atomic mass is 10.0. The molecular formula is C15H24N4O4. The van der Waals surface area contributed by atoms with Gasteiger partial charge in [-0.15, -0.1) is 10.2 Å². The molecule has 1 N–H and O–H groups in total. The van der Waals surface area contributed by atoms with Crippen LogP contribution in [0.3, 0.4) is 0 Å². The van der Waals surface area contributed by atoms with Crippen LogP contribution in [-0.4, -0.2) is 59.3 Å². The van der Waals surface area contributed by atoms with Gasteiger partial charge >= 0.3 is 0 Å². The monoisotopic (exact) mass is 324 g/mol. The van der Waals surface area contributed by atoms with Crippen molar-refractivity contribution >= 4 is 11.8 Å². The highest BCUT2D eigenvalue weighted by Crippen LogP contribution is 2.19. The van der Waals surface area contributed by atoms with Gasteiger partial charge in [0.1, 0.15) is 0 Å². The summed E-state index contributed by atoms with van der Waals surface area (Å²) in [7, 11) is 1.56. The summed E-state index contributed by atoms with van der Waals surface area (Å²) in [5, 5.41) is 10.5. The van der Waals surface area contributed by atoms with Gasteiger partial charge in [-0.05, 0) is 6.92 Å². The van der Waals surface area contributed by atoms with Crippen molar-refractivity contribution in [2.45, 2.75) is 45.1 Å². The van der Waals surface area contributed by atoms with Crippen molar-refractivity contribution < 1.29 is 18.7 Å². The molecule has 0 radical (unpaired) electrons. The normalized spacial score (nSPS) is 21.5. The Labute approximate surface area is 135 Å². The largest absolute Gasteiger partial charge is 0.425 e. The second-order valence-electron chi connectivity index (χ2n) is 6.16. The molecule has 2 rings (SSSR count). The Bertz CT molecular complexity index is 572. The summed E-state index contributed by atoms with van der Waals surface area (Å²) in [6.07, 6.45) is 0.663. The number of hydrogen-bond donors (Lipinski definition) is 1. The van der Waals surface area contributed by atoms with Crippen molar-refractivity contribution in [1.82, 2.24) is 20.4 Å². The van der Waals surface area contributed by atoms with E-state index in [1.807, 2.05) is 13.8 Å². The number of ether oxygens (including phenoxy) is 1. The summed E-state index contributed by atoms with van der Waals surface area (Å²) in [5.41, 5.74) is -1.00. The first kappa shape index (κ1) is 17.4. The minimum atomic E-state index is -1.00. The van der Waals surface area contributed by atoms with Crippen LogP contribution in [0.15, 0.2) is 4.42 Å². The van der Waals surface area contributed by atoms with Crippen molar-refractivity contribution in [3.05, 3.63) is 11.8 Å². The molecule has 2 amide bonds. The van der Waals surface area contributed by atoms with E-state index in [0.717, 1.165) is 0 Å². The van der Waals surface area contributed by atoms with Gasteiger partial charge in [0.15, 0.2) is 5.60 Å². The number of carbonyl (C=O) groups is 2. The first-order valence-corrected chi connectivity index (χ1v) is 7.82. The van der Waals surface area contributed by atoms with Gasteiger partial charge in [-0.1, -0.05) is 13.8 Å². The van der Waals surface area contributed by atoms with Gasteiger partial charge in [0.05, 0.1) is 13.2 Å². The standard InChI is InChI=1S/C15H24N4O4/c1-10(2)13-18-17-11(23-13)5-6-12(20)19-7-8-22-15(3,9-19)14(21)16-4/h10H,5-9H2,1-4H3,(H,16,21)/t15-/m0/s1. The third kappa shape index (κ3) is 4.07. The predicted octanol–water partition coefficient (Wildman–Crippen LogP) is 0.489. The van der Waals surface area contributed by atoms with E-state index < -0.39 is 5.60 Å². The third-order valence-corrected chi connectivity index (χ3v) is 3.86. The quantitative estimate of drug-likeness (QED) is 0.846. The molecule has 0 spiro atoms. The molecule has 1 aliphatic heterocycles. The van der Waals surface area contributed by atoms with E-state index in [1.165, 1.54) is 0 Å². The van der Waals surface area contributed by atoms with Crippen LogP contribution >= 0.6 is 0 Å². The molecule has 0 bridgehead atoms. The van der Waals surface area contributed by atoms with Crippen molar-refractivity contribution in [3.8, 4) is 0 Å². The van der Waals surface area contributed by atoms with Crippen LogP contribution in [0.4, 0.5) is 0 Å². The molecule has 1 atom stereocenters. The Morgan fingerprint density at radius 2 is 2.13 bits per heavy atom. The second-order valence-corrected chi connectivity index (χ2v) is 6.16. The number of aromatic nitrogens is 2. The number of carbonyl (C=O) groups excluding carboxylic acids is 2. The van der Waals surface area contributed by atoms with Crippen LogP contribution in [-0.2, 0) is 20.7 Å². The molecule has 1 aliphatic rings. The van der Waals surface area contributed by atoms with E-state index >= 15 is 0 Å². The third-order valence-electron chi connectivity index (χ3n) is 3.86. The number of hydrogen-bond acceptors (Lipinski definition) is 6.